The molecule has 1 saturated heterocycles. The average molecular weight is 214 g/mol. The molecule has 82 valence electrons. The van der Waals surface area contributed by atoms with E-state index >= 15 is 0 Å². The molecule has 0 bridgehead atoms. The van der Waals surface area contributed by atoms with Gasteiger partial charge in [-0.2, -0.15) is 0 Å². The van der Waals surface area contributed by atoms with E-state index < -0.39 is 0 Å². The third-order valence-corrected chi connectivity index (χ3v) is 3.72. The van der Waals surface area contributed by atoms with Gasteiger partial charge < -0.3 is 10.6 Å². The highest BCUT2D eigenvalue weighted by Gasteiger charge is 2.37. The van der Waals surface area contributed by atoms with Crippen molar-refractivity contribution in [2.75, 3.05) is 20.1 Å². The van der Waals surface area contributed by atoms with Crippen LogP contribution in [0.4, 0.5) is 0 Å². The Hall–Kier alpha value is 0.01000. The third kappa shape index (κ3) is 2.75. The average Bonchev–Trinajstić information content (AvgIpc) is 2.10. The Kier molecular flexibility index (Phi) is 3.67. The first-order valence-corrected chi connectivity index (χ1v) is 5.73. The van der Waals surface area contributed by atoms with E-state index in [9.17, 15) is 0 Å². The fourth-order valence-corrected chi connectivity index (χ4v) is 2.75. The quantitative estimate of drug-likeness (QED) is 0.685. The Morgan fingerprint density at radius 2 is 2.07 bits per heavy atom. The van der Waals surface area contributed by atoms with Gasteiger partial charge >= 0.3 is 0 Å². The van der Waals surface area contributed by atoms with Crippen LogP contribution >= 0.6 is 12.2 Å². The molecular formula is C11H22N2S. The zero-order valence-corrected chi connectivity index (χ0v) is 10.6. The molecule has 0 aromatic heterocycles. The van der Waals surface area contributed by atoms with Crippen molar-refractivity contribution in [2.45, 2.75) is 39.2 Å². The van der Waals surface area contributed by atoms with Crippen LogP contribution in [0.15, 0.2) is 0 Å². The molecule has 1 aliphatic heterocycles. The first kappa shape index (κ1) is 12.1. The Morgan fingerprint density at radius 1 is 1.43 bits per heavy atom. The summed E-state index contributed by atoms with van der Waals surface area (Å²) in [5, 5.41) is 6.81. The minimum atomic E-state index is 0.164. The highest BCUT2D eigenvalue weighted by atomic mass is 32.1. The Labute approximate surface area is 92.8 Å². The van der Waals surface area contributed by atoms with Gasteiger partial charge in [0.25, 0.3) is 0 Å². The van der Waals surface area contributed by atoms with Gasteiger partial charge in [0.2, 0.25) is 0 Å². The second kappa shape index (κ2) is 4.25. The normalized spacial score (nSPS) is 32.7. The number of hydrogen-bond donors (Lipinski definition) is 2. The first-order chi connectivity index (χ1) is 6.40. The van der Waals surface area contributed by atoms with E-state index in [4.69, 9.17) is 12.2 Å². The topological polar surface area (TPSA) is 24.1 Å². The van der Waals surface area contributed by atoms with Crippen molar-refractivity contribution in [3.8, 4) is 0 Å². The molecule has 0 aromatic carbocycles. The first-order valence-electron chi connectivity index (χ1n) is 5.33. The highest BCUT2D eigenvalue weighted by Crippen LogP contribution is 2.33. The molecule has 1 aliphatic rings. The third-order valence-electron chi connectivity index (χ3n) is 3.03. The molecule has 0 spiro atoms. The predicted molar refractivity (Wildman–Crippen MR) is 65.9 cm³/mol. The van der Waals surface area contributed by atoms with Crippen LogP contribution in [-0.2, 0) is 0 Å². The molecule has 1 atom stereocenters. The molecule has 0 saturated carbocycles. The summed E-state index contributed by atoms with van der Waals surface area (Å²) in [4.78, 5) is 1.21. The van der Waals surface area contributed by atoms with Crippen molar-refractivity contribution in [3.63, 3.8) is 0 Å². The van der Waals surface area contributed by atoms with Crippen LogP contribution in [-0.4, -0.2) is 30.5 Å². The van der Waals surface area contributed by atoms with E-state index in [1.165, 1.54) is 4.86 Å². The molecule has 2 nitrogen and oxygen atoms in total. The second-order valence-electron chi connectivity index (χ2n) is 5.25. The Morgan fingerprint density at radius 3 is 2.64 bits per heavy atom. The fraction of sp³-hybridized carbons (Fsp3) is 0.909. The zero-order chi connectivity index (χ0) is 10.8. The standard InChI is InChI=1S/C11H22N2S/c1-10(2)7-11(3,8-12-4)9(14)5-6-13-10/h12-13H,5-8H2,1-4H3. The lowest BCUT2D eigenvalue weighted by atomic mass is 9.76. The highest BCUT2D eigenvalue weighted by molar-refractivity contribution is 7.80. The summed E-state index contributed by atoms with van der Waals surface area (Å²) in [6, 6.07) is 0. The van der Waals surface area contributed by atoms with Crippen LogP contribution in [0.25, 0.3) is 0 Å². The molecule has 0 amide bonds. The van der Waals surface area contributed by atoms with Gasteiger partial charge in [-0.3, -0.25) is 0 Å². The van der Waals surface area contributed by atoms with Crippen LogP contribution < -0.4 is 10.6 Å². The number of thiocarbonyl (C=S) groups is 1. The largest absolute Gasteiger partial charge is 0.319 e. The molecule has 1 fully saturated rings. The smallest absolute Gasteiger partial charge is 0.0134 e. The Balaban J connectivity index is 2.83. The molecule has 14 heavy (non-hydrogen) atoms. The van der Waals surface area contributed by atoms with Crippen LogP contribution in [0.5, 0.6) is 0 Å². The minimum Gasteiger partial charge on any atom is -0.319 e. The SMILES string of the molecule is CNCC1(C)CC(C)(C)NCCC1=S. The van der Waals surface area contributed by atoms with Gasteiger partial charge in [-0.05, 0) is 33.7 Å². The van der Waals surface area contributed by atoms with Crippen LogP contribution in [0.1, 0.15) is 33.6 Å². The summed E-state index contributed by atoms with van der Waals surface area (Å²) in [7, 11) is 2.00. The molecule has 0 aromatic rings. The summed E-state index contributed by atoms with van der Waals surface area (Å²) < 4.78 is 0. The lowest BCUT2D eigenvalue weighted by Crippen LogP contribution is -2.44. The van der Waals surface area contributed by atoms with Gasteiger partial charge in [-0.25, -0.2) is 0 Å². The van der Waals surface area contributed by atoms with E-state index in [0.717, 1.165) is 25.9 Å². The molecule has 2 N–H and O–H groups in total. The lowest BCUT2D eigenvalue weighted by molar-refractivity contribution is 0.283. The predicted octanol–water partition coefficient (Wildman–Crippen LogP) is 1.74. The Bertz CT molecular complexity index is 225. The van der Waals surface area contributed by atoms with E-state index in [1.807, 2.05) is 7.05 Å². The molecule has 0 radical (unpaired) electrons. The van der Waals surface area contributed by atoms with Crippen molar-refractivity contribution in [2.24, 2.45) is 5.41 Å². The van der Waals surface area contributed by atoms with Gasteiger partial charge in [-0.1, -0.05) is 19.1 Å². The van der Waals surface area contributed by atoms with E-state index in [0.29, 0.717) is 0 Å². The maximum Gasteiger partial charge on any atom is 0.0134 e. The number of nitrogens with one attached hydrogen (secondary N) is 2. The van der Waals surface area contributed by atoms with Gasteiger partial charge in [-0.15, -0.1) is 0 Å². The molecule has 3 heteroatoms. The monoisotopic (exact) mass is 214 g/mol. The summed E-state index contributed by atoms with van der Waals surface area (Å²) in [5.41, 5.74) is 0.364. The second-order valence-corrected chi connectivity index (χ2v) is 5.74. The maximum absolute atomic E-state index is 5.52. The summed E-state index contributed by atoms with van der Waals surface area (Å²) in [6.45, 7) is 8.80. The summed E-state index contributed by atoms with van der Waals surface area (Å²) in [5.74, 6) is 0. The van der Waals surface area contributed by atoms with Gasteiger partial charge in [0.15, 0.2) is 0 Å². The van der Waals surface area contributed by atoms with Gasteiger partial charge in [0.05, 0.1) is 0 Å². The summed E-state index contributed by atoms with van der Waals surface area (Å²) >= 11 is 5.52. The van der Waals surface area contributed by atoms with Crippen LogP contribution in [0.2, 0.25) is 0 Å². The number of rotatable bonds is 2. The maximum atomic E-state index is 5.52. The molecule has 1 rings (SSSR count). The van der Waals surface area contributed by atoms with Gasteiger partial charge in [0, 0.05) is 28.9 Å². The lowest BCUT2D eigenvalue weighted by Gasteiger charge is -2.35. The fourth-order valence-electron chi connectivity index (χ4n) is 2.50. The van der Waals surface area contributed by atoms with Crippen molar-refractivity contribution < 1.29 is 0 Å². The van der Waals surface area contributed by atoms with Crippen LogP contribution in [0.3, 0.4) is 0 Å². The van der Waals surface area contributed by atoms with Crippen molar-refractivity contribution in [3.05, 3.63) is 0 Å². The summed E-state index contributed by atoms with van der Waals surface area (Å²) in [6.07, 6.45) is 2.14. The molecule has 1 unspecified atom stereocenters. The zero-order valence-electron chi connectivity index (χ0n) is 9.74. The van der Waals surface area contributed by atoms with E-state index in [2.05, 4.69) is 31.4 Å². The van der Waals surface area contributed by atoms with E-state index in [1.54, 1.807) is 0 Å². The van der Waals surface area contributed by atoms with Crippen molar-refractivity contribution in [1.29, 1.82) is 0 Å². The van der Waals surface area contributed by atoms with Crippen LogP contribution in [0, 0.1) is 5.41 Å². The van der Waals surface area contributed by atoms with Crippen molar-refractivity contribution in [1.82, 2.24) is 10.6 Å². The number of hydrogen-bond acceptors (Lipinski definition) is 3. The van der Waals surface area contributed by atoms with Crippen molar-refractivity contribution >= 4 is 17.1 Å². The molecule has 1 heterocycles. The molecule has 0 aliphatic carbocycles. The minimum absolute atomic E-state index is 0.164. The van der Waals surface area contributed by atoms with E-state index in [-0.39, 0.29) is 11.0 Å². The molecular weight excluding hydrogens is 192 g/mol. The van der Waals surface area contributed by atoms with Gasteiger partial charge in [0.1, 0.15) is 0 Å².